The van der Waals surface area contributed by atoms with Crippen molar-refractivity contribution >= 4 is 73.1 Å². The normalized spacial score (nSPS) is 11.0. The number of pyridine rings is 3. The van der Waals surface area contributed by atoms with Crippen molar-refractivity contribution in [1.29, 1.82) is 0 Å². The molecule has 0 bridgehead atoms. The number of hydrogen-bond donors (Lipinski definition) is 0. The molecule has 0 amide bonds. The van der Waals surface area contributed by atoms with Crippen LogP contribution in [0.2, 0.25) is 0 Å². The van der Waals surface area contributed by atoms with Gasteiger partial charge in [-0.2, -0.15) is 0 Å². The molecular formula is C53H35LiN3O-. The van der Waals surface area contributed by atoms with E-state index in [0.717, 1.165) is 72.0 Å². The predicted octanol–water partition coefficient (Wildman–Crippen LogP) is 12.1. The second-order valence-electron chi connectivity index (χ2n) is 14.2. The summed E-state index contributed by atoms with van der Waals surface area (Å²) < 4.78 is 0. The summed E-state index contributed by atoms with van der Waals surface area (Å²) in [5, 5.41) is 19.1. The number of aromatic amines is 1. The van der Waals surface area contributed by atoms with Crippen LogP contribution in [0.4, 0.5) is 0 Å². The summed E-state index contributed by atoms with van der Waals surface area (Å²) in [6.07, 6.45) is 1.75. The molecule has 0 saturated heterocycles. The first-order valence-electron chi connectivity index (χ1n) is 19.1. The molecule has 11 rings (SSSR count). The molecule has 0 aliphatic carbocycles. The number of nitrogens with zero attached hydrogens (tertiary/aromatic N) is 2. The van der Waals surface area contributed by atoms with E-state index in [1.165, 1.54) is 21.5 Å². The third-order valence-corrected chi connectivity index (χ3v) is 10.7. The van der Waals surface area contributed by atoms with Crippen LogP contribution in [0.3, 0.4) is 0 Å². The minimum atomic E-state index is 0. The van der Waals surface area contributed by atoms with Crippen molar-refractivity contribution in [2.24, 2.45) is 0 Å². The zero-order valence-electron chi connectivity index (χ0n) is 31.9. The molecule has 2 radical (unpaired) electrons. The molecule has 270 valence electrons. The van der Waals surface area contributed by atoms with Gasteiger partial charge in [0.25, 0.3) is 0 Å². The zero-order valence-corrected chi connectivity index (χ0v) is 31.9. The molecule has 0 atom stereocenters. The Bertz CT molecular complexity index is 3070. The van der Waals surface area contributed by atoms with E-state index in [4.69, 9.17) is 9.97 Å². The van der Waals surface area contributed by atoms with Crippen LogP contribution >= 0.6 is 0 Å². The average Bonchev–Trinajstić information content (AvgIpc) is 3.29. The Hall–Kier alpha value is -7.09. The van der Waals surface area contributed by atoms with E-state index in [-0.39, 0.29) is 24.6 Å². The van der Waals surface area contributed by atoms with Crippen molar-refractivity contribution in [2.45, 2.75) is 0 Å². The topological polar surface area (TPSA) is 63.0 Å². The number of rotatable bonds is 4. The second kappa shape index (κ2) is 15.8. The molecule has 8 aromatic carbocycles. The summed E-state index contributed by atoms with van der Waals surface area (Å²) in [5.74, 6) is 0.0445. The first kappa shape index (κ1) is 36.5. The zero-order chi connectivity index (χ0) is 38.1. The maximum absolute atomic E-state index is 11.1. The number of benzene rings is 8. The molecule has 0 unspecified atom stereocenters. The van der Waals surface area contributed by atoms with Gasteiger partial charge in [-0.05, 0) is 85.9 Å². The van der Waals surface area contributed by atoms with Gasteiger partial charge in [-0.25, -0.2) is 15.0 Å². The molecule has 11 aromatic rings. The van der Waals surface area contributed by atoms with Gasteiger partial charge in [0.2, 0.25) is 5.52 Å². The molecule has 1 N–H and O–H groups in total. The van der Waals surface area contributed by atoms with E-state index in [9.17, 15) is 5.11 Å². The van der Waals surface area contributed by atoms with Crippen LogP contribution in [0.15, 0.2) is 206 Å². The van der Waals surface area contributed by atoms with Crippen molar-refractivity contribution < 1.29 is 10.1 Å². The Balaban J connectivity index is 0.000000314. The van der Waals surface area contributed by atoms with Gasteiger partial charge < -0.3 is 24.0 Å². The van der Waals surface area contributed by atoms with E-state index in [1.807, 2.05) is 18.2 Å². The van der Waals surface area contributed by atoms with Crippen LogP contribution in [-0.2, 0) is 0 Å². The number of aromatic nitrogens is 3. The number of para-hydroxylation sites is 1. The van der Waals surface area contributed by atoms with Crippen LogP contribution in [0, 0.1) is 0 Å². The molecule has 0 fully saturated rings. The molecule has 58 heavy (non-hydrogen) atoms. The maximum atomic E-state index is 11.1. The minimum Gasteiger partial charge on any atom is -1.00 e. The number of H-pyrrole nitrogens is 1. The monoisotopic (exact) mass is 736 g/mol. The Morgan fingerprint density at radius 1 is 0.362 bits per heavy atom. The van der Waals surface area contributed by atoms with Gasteiger partial charge in [0.05, 0.1) is 22.4 Å². The molecule has 0 saturated carbocycles. The maximum Gasteiger partial charge on any atom is 0.202 e. The number of hydrogen-bond acceptors (Lipinski definition) is 3. The summed E-state index contributed by atoms with van der Waals surface area (Å²) in [6, 6.07) is 69.4. The fourth-order valence-electron chi connectivity index (χ4n) is 7.81. The Kier molecular flexibility index (Phi) is 9.96. The van der Waals surface area contributed by atoms with Gasteiger partial charge in [0, 0.05) is 33.4 Å². The Labute approximate surface area is 348 Å². The van der Waals surface area contributed by atoms with Crippen LogP contribution in [-0.4, -0.2) is 28.8 Å². The van der Waals surface area contributed by atoms with Crippen molar-refractivity contribution in [2.75, 3.05) is 0 Å². The third kappa shape index (κ3) is 6.97. The van der Waals surface area contributed by atoms with Gasteiger partial charge >= 0.3 is 0 Å². The average molecular weight is 737 g/mol. The molecule has 0 aliphatic heterocycles. The molecule has 0 spiro atoms. The van der Waals surface area contributed by atoms with E-state index in [0.29, 0.717) is 5.52 Å². The molecule has 4 nitrogen and oxygen atoms in total. The Morgan fingerprint density at radius 3 is 1.31 bits per heavy atom. The first-order chi connectivity index (χ1) is 28.2. The van der Waals surface area contributed by atoms with E-state index in [2.05, 4.69) is 175 Å². The summed E-state index contributed by atoms with van der Waals surface area (Å²) in [5.41, 5.74) is 11.1. The van der Waals surface area contributed by atoms with Crippen molar-refractivity contribution in [3.05, 3.63) is 206 Å². The standard InChI is InChI=1S/C44H28N2.C9H7NO.Li/c1-3-13-31(14-4-1)39-27-41(35-21-19-29-11-7-9-17-33(29)25-35)45-43-37(39)23-24-38-40(32-15-5-2-6-16-32)28-42(46-44(38)43)36-22-20-30-12-8-10-18-34(30)26-36;11-8-5-1-3-7-4-2-6-10-9(7)8;/h1-28H;1-6,11H;/q;;-1. The SMILES string of the molecule is [Li-].[O-]c1cccc2ccc[nH+]c12.c1ccc(-c2cc(-c3ccc4ccccc4c3)nc3c2ccc2c(-c4ccccc4)cc(-c4ccc5ccccc5c4)nc23)cc1. The minimum absolute atomic E-state index is 0. The fourth-order valence-corrected chi connectivity index (χ4v) is 7.81. The van der Waals surface area contributed by atoms with Gasteiger partial charge in [0.15, 0.2) is 6.20 Å². The van der Waals surface area contributed by atoms with Crippen molar-refractivity contribution in [3.8, 4) is 50.5 Å². The quantitative estimate of drug-likeness (QED) is 0.133. The second-order valence-corrected chi connectivity index (χ2v) is 14.2. The van der Waals surface area contributed by atoms with Gasteiger partial charge in [0.1, 0.15) is 0 Å². The molecule has 0 aliphatic rings. The molecule has 5 heteroatoms. The van der Waals surface area contributed by atoms with Gasteiger partial charge in [-0.15, -0.1) is 0 Å². The summed E-state index contributed by atoms with van der Waals surface area (Å²) >= 11 is 0. The van der Waals surface area contributed by atoms with Crippen molar-refractivity contribution in [3.63, 3.8) is 0 Å². The van der Waals surface area contributed by atoms with E-state index >= 15 is 0 Å². The fraction of sp³-hybridized carbons (Fsp3) is 0. The molecular weight excluding hydrogens is 702 g/mol. The van der Waals surface area contributed by atoms with Crippen LogP contribution in [0.5, 0.6) is 5.75 Å². The number of nitrogens with one attached hydrogen (secondary N) is 1. The smallest absolute Gasteiger partial charge is 0.202 e. The van der Waals surface area contributed by atoms with Gasteiger partial charge in [-0.3, -0.25) is 0 Å². The molecule has 3 aromatic heterocycles. The third-order valence-electron chi connectivity index (χ3n) is 10.7. The summed E-state index contributed by atoms with van der Waals surface area (Å²) in [6.45, 7) is 0. The van der Waals surface area contributed by atoms with Crippen molar-refractivity contribution in [1.82, 2.24) is 9.97 Å². The molecule has 3 heterocycles. The summed E-state index contributed by atoms with van der Waals surface area (Å²) in [7, 11) is 0. The Morgan fingerprint density at radius 2 is 0.810 bits per heavy atom. The van der Waals surface area contributed by atoms with Gasteiger partial charge in [-0.1, -0.05) is 158 Å². The largest absolute Gasteiger partial charge is 1.00 e. The van der Waals surface area contributed by atoms with Crippen LogP contribution in [0.1, 0.15) is 0 Å². The van der Waals surface area contributed by atoms with Crippen LogP contribution < -0.4 is 10.1 Å². The number of fused-ring (bicyclic) bond motifs is 6. The first-order valence-corrected chi connectivity index (χ1v) is 19.1. The van der Waals surface area contributed by atoms with E-state index < -0.39 is 0 Å². The summed E-state index contributed by atoms with van der Waals surface area (Å²) in [4.78, 5) is 13.8. The van der Waals surface area contributed by atoms with Crippen LogP contribution in [0.25, 0.3) is 99.0 Å². The van der Waals surface area contributed by atoms with E-state index in [1.54, 1.807) is 18.3 Å². The predicted molar refractivity (Wildman–Crippen MR) is 240 cm³/mol.